The van der Waals surface area contributed by atoms with Crippen molar-refractivity contribution < 1.29 is 0 Å². The molecule has 4 unspecified atom stereocenters. The van der Waals surface area contributed by atoms with Crippen LogP contribution >= 0.6 is 0 Å². The van der Waals surface area contributed by atoms with Crippen molar-refractivity contribution in [2.75, 3.05) is 4.90 Å². The second kappa shape index (κ2) is 11.2. The lowest BCUT2D eigenvalue weighted by molar-refractivity contribution is 0.564. The first-order chi connectivity index (χ1) is 25.9. The smallest absolute Gasteiger partial charge is 0.0464 e. The molecule has 1 heteroatoms. The highest BCUT2D eigenvalue weighted by molar-refractivity contribution is 5.90. The summed E-state index contributed by atoms with van der Waals surface area (Å²) in [7, 11) is 0. The fourth-order valence-corrected chi connectivity index (χ4v) is 11.2. The Morgan fingerprint density at radius 1 is 0.509 bits per heavy atom. The Kier molecular flexibility index (Phi) is 6.52. The van der Waals surface area contributed by atoms with Crippen molar-refractivity contribution >= 4 is 17.1 Å². The quantitative estimate of drug-likeness (QED) is 0.175. The number of anilines is 3. The minimum Gasteiger partial charge on any atom is -0.310 e. The summed E-state index contributed by atoms with van der Waals surface area (Å²) in [4.78, 5) is 2.36. The second-order valence-corrected chi connectivity index (χ2v) is 16.6. The highest BCUT2D eigenvalue weighted by Crippen LogP contribution is 2.79. The van der Waals surface area contributed by atoms with Gasteiger partial charge in [-0.3, -0.25) is 0 Å². The first-order valence-corrected chi connectivity index (χ1v) is 19.4. The van der Waals surface area contributed by atoms with Gasteiger partial charge in [-0.25, -0.2) is 0 Å². The number of hydrogen-bond acceptors (Lipinski definition) is 1. The van der Waals surface area contributed by atoms with E-state index in [1.54, 1.807) is 11.1 Å². The Labute approximate surface area is 313 Å². The Morgan fingerprint density at radius 2 is 1.17 bits per heavy atom. The van der Waals surface area contributed by atoms with Crippen molar-refractivity contribution in [1.82, 2.24) is 0 Å². The number of benzene rings is 7. The maximum absolute atomic E-state index is 2.69. The molecule has 0 aliphatic heterocycles. The molecule has 7 aromatic rings. The molecule has 4 atom stereocenters. The molecule has 7 aromatic carbocycles. The Morgan fingerprint density at radius 3 is 1.89 bits per heavy atom. The number of para-hydroxylation sites is 2. The molecule has 53 heavy (non-hydrogen) atoms. The molecule has 0 N–H and O–H groups in total. The van der Waals surface area contributed by atoms with Gasteiger partial charge < -0.3 is 4.90 Å². The van der Waals surface area contributed by atoms with Crippen LogP contribution in [0.1, 0.15) is 71.9 Å². The van der Waals surface area contributed by atoms with Crippen LogP contribution < -0.4 is 4.90 Å². The Hall–Kier alpha value is -5.66. The van der Waals surface area contributed by atoms with E-state index in [4.69, 9.17) is 0 Å². The summed E-state index contributed by atoms with van der Waals surface area (Å²) >= 11 is 0. The van der Waals surface area contributed by atoms with Gasteiger partial charge in [0.2, 0.25) is 0 Å². The van der Waals surface area contributed by atoms with E-state index in [1.807, 2.05) is 0 Å². The van der Waals surface area contributed by atoms with Crippen LogP contribution in [0.3, 0.4) is 0 Å². The van der Waals surface area contributed by atoms with Gasteiger partial charge in [-0.1, -0.05) is 129 Å². The van der Waals surface area contributed by atoms with Crippen LogP contribution in [0.15, 0.2) is 164 Å². The average Bonchev–Trinajstić information content (AvgIpc) is 3.58. The number of hydrogen-bond donors (Lipinski definition) is 0. The maximum atomic E-state index is 2.69. The number of fused-ring (bicyclic) bond motifs is 8. The molecule has 256 valence electrons. The van der Waals surface area contributed by atoms with Gasteiger partial charge in [0.15, 0.2) is 0 Å². The van der Waals surface area contributed by atoms with Crippen LogP contribution in [0.25, 0.3) is 33.4 Å². The van der Waals surface area contributed by atoms with Crippen LogP contribution in [0.5, 0.6) is 0 Å². The predicted octanol–water partition coefficient (Wildman–Crippen LogP) is 13.6. The van der Waals surface area contributed by atoms with Crippen LogP contribution in [-0.4, -0.2) is 0 Å². The Bertz CT molecular complexity index is 2530. The van der Waals surface area contributed by atoms with Crippen molar-refractivity contribution in [3.63, 3.8) is 0 Å². The largest absolute Gasteiger partial charge is 0.310 e. The maximum Gasteiger partial charge on any atom is 0.0464 e. The van der Waals surface area contributed by atoms with Crippen molar-refractivity contribution in [3.05, 3.63) is 197 Å². The molecular weight excluding hydrogens is 639 g/mol. The van der Waals surface area contributed by atoms with Crippen LogP contribution in [0, 0.1) is 12.8 Å². The van der Waals surface area contributed by atoms with E-state index in [2.05, 4.69) is 189 Å². The van der Waals surface area contributed by atoms with E-state index in [-0.39, 0.29) is 10.8 Å². The van der Waals surface area contributed by atoms with E-state index < -0.39 is 0 Å². The van der Waals surface area contributed by atoms with Crippen LogP contribution in [-0.2, 0) is 10.8 Å². The van der Waals surface area contributed by atoms with Crippen molar-refractivity contribution in [2.24, 2.45) is 5.92 Å². The average molecular weight is 682 g/mol. The highest BCUT2D eigenvalue weighted by atomic mass is 15.1. The molecule has 0 saturated heterocycles. The SMILES string of the molecule is Cc1cc(N(c2ccccc2)c2ccccc2)ccc1-c1ccc2c(c1)-c1cc3c(cc1C14CC2CC1C4c1ccccc1)C(C)(C)c1ccccc1-3. The van der Waals surface area contributed by atoms with Gasteiger partial charge in [0.05, 0.1) is 0 Å². The monoisotopic (exact) mass is 681 g/mol. The standard InChI is InChI=1S/C52H43N/c1-33-27-39(53(37-17-9-5-10-18-37)38-19-11-6-12-20-38)24-26-40(33)35-23-25-41-36-29-49-50(34-15-7-4-8-16-34)52(49,32-36)48-31-47-44(30-45(48)43(41)28-35)42-21-13-14-22-46(42)51(47,2)3/h4-28,30-31,36,49-50H,29,32H2,1-3H3. The molecule has 0 aromatic heterocycles. The molecule has 1 nitrogen and oxygen atoms in total. The van der Waals surface area contributed by atoms with Gasteiger partial charge in [0.1, 0.15) is 0 Å². The third kappa shape index (κ3) is 4.37. The van der Waals surface area contributed by atoms with E-state index in [0.29, 0.717) is 17.8 Å². The molecule has 0 radical (unpaired) electrons. The summed E-state index contributed by atoms with van der Waals surface area (Å²) in [6.07, 6.45) is 2.51. The molecule has 2 saturated carbocycles. The zero-order chi connectivity index (χ0) is 35.5. The highest BCUT2D eigenvalue weighted by Gasteiger charge is 2.71. The molecule has 1 spiro atoms. The molecule has 2 bridgehead atoms. The first-order valence-electron chi connectivity index (χ1n) is 19.4. The topological polar surface area (TPSA) is 3.24 Å². The fourth-order valence-electron chi connectivity index (χ4n) is 11.2. The third-order valence-electron chi connectivity index (χ3n) is 13.6. The van der Waals surface area contributed by atoms with Gasteiger partial charge >= 0.3 is 0 Å². The van der Waals surface area contributed by atoms with Crippen LogP contribution in [0.2, 0.25) is 0 Å². The molecule has 4 aliphatic rings. The van der Waals surface area contributed by atoms with Crippen LogP contribution in [0.4, 0.5) is 17.1 Å². The minimum absolute atomic E-state index is 0.0224. The molecule has 4 aliphatic carbocycles. The first kappa shape index (κ1) is 30.9. The zero-order valence-corrected chi connectivity index (χ0v) is 30.7. The van der Waals surface area contributed by atoms with E-state index in [0.717, 1.165) is 11.4 Å². The number of aryl methyl sites for hydroxylation is 1. The van der Waals surface area contributed by atoms with Gasteiger partial charge in [0.25, 0.3) is 0 Å². The normalized spacial score (nSPS) is 22.1. The molecular formula is C52H43N. The summed E-state index contributed by atoms with van der Waals surface area (Å²) < 4.78 is 0. The number of nitrogens with zero attached hydrogens (tertiary/aromatic N) is 1. The summed E-state index contributed by atoms with van der Waals surface area (Å²) in [5.41, 5.74) is 20.9. The van der Waals surface area contributed by atoms with Gasteiger partial charge in [-0.2, -0.15) is 0 Å². The number of rotatable bonds is 5. The van der Waals surface area contributed by atoms with Crippen molar-refractivity contribution in [1.29, 1.82) is 0 Å². The molecule has 2 fully saturated rings. The summed E-state index contributed by atoms with van der Waals surface area (Å²) in [5.74, 6) is 1.86. The Balaban J connectivity index is 1.08. The fraction of sp³-hybridized carbons (Fsp3) is 0.192. The summed E-state index contributed by atoms with van der Waals surface area (Å²) in [6.45, 7) is 7.15. The third-order valence-corrected chi connectivity index (χ3v) is 13.6. The molecule has 11 rings (SSSR count). The van der Waals surface area contributed by atoms with Crippen molar-refractivity contribution in [3.8, 4) is 33.4 Å². The lowest BCUT2D eigenvalue weighted by Crippen LogP contribution is -2.17. The molecule has 0 heterocycles. The van der Waals surface area contributed by atoms with E-state index in [1.165, 1.54) is 74.2 Å². The second-order valence-electron chi connectivity index (χ2n) is 16.6. The van der Waals surface area contributed by atoms with Gasteiger partial charge in [-0.15, -0.1) is 0 Å². The zero-order valence-electron chi connectivity index (χ0n) is 30.7. The van der Waals surface area contributed by atoms with E-state index in [9.17, 15) is 0 Å². The lowest BCUT2D eigenvalue weighted by Gasteiger charge is -2.26. The van der Waals surface area contributed by atoms with Gasteiger partial charge in [0, 0.05) is 27.9 Å². The predicted molar refractivity (Wildman–Crippen MR) is 221 cm³/mol. The summed E-state index contributed by atoms with van der Waals surface area (Å²) in [6, 6.07) is 61.7. The minimum atomic E-state index is -0.0224. The van der Waals surface area contributed by atoms with Gasteiger partial charge in [-0.05, 0) is 153 Å². The molecule has 0 amide bonds. The summed E-state index contributed by atoms with van der Waals surface area (Å²) in [5, 5.41) is 0. The lowest BCUT2D eigenvalue weighted by atomic mass is 9.78. The van der Waals surface area contributed by atoms with Crippen molar-refractivity contribution in [2.45, 2.75) is 56.3 Å². The van der Waals surface area contributed by atoms with E-state index >= 15 is 0 Å².